The SMILES string of the molecule is COc1ccc2c(CC(=O)N(CC(F)(F)F)c3ccccn3)coc2c1. The van der Waals surface area contributed by atoms with E-state index in [1.54, 1.807) is 24.3 Å². The minimum absolute atomic E-state index is 0.0516. The summed E-state index contributed by atoms with van der Waals surface area (Å²) < 4.78 is 49.2. The van der Waals surface area contributed by atoms with Crippen LogP contribution in [0.2, 0.25) is 0 Å². The van der Waals surface area contributed by atoms with Gasteiger partial charge in [0.1, 0.15) is 23.7 Å². The molecule has 0 fully saturated rings. The van der Waals surface area contributed by atoms with Crippen LogP contribution < -0.4 is 9.64 Å². The van der Waals surface area contributed by atoms with Gasteiger partial charge < -0.3 is 9.15 Å². The van der Waals surface area contributed by atoms with Gasteiger partial charge in [0, 0.05) is 23.2 Å². The molecule has 2 heterocycles. The maximum atomic E-state index is 12.9. The van der Waals surface area contributed by atoms with Crippen molar-refractivity contribution in [1.82, 2.24) is 4.98 Å². The molecule has 8 heteroatoms. The van der Waals surface area contributed by atoms with Crippen LogP contribution >= 0.6 is 0 Å². The zero-order chi connectivity index (χ0) is 18.7. The van der Waals surface area contributed by atoms with E-state index in [9.17, 15) is 18.0 Å². The Labute approximate surface area is 147 Å². The molecule has 0 aliphatic heterocycles. The number of alkyl halides is 3. The molecule has 136 valence electrons. The summed E-state index contributed by atoms with van der Waals surface area (Å²) in [6.45, 7) is -1.41. The molecule has 0 radical (unpaired) electrons. The highest BCUT2D eigenvalue weighted by Crippen LogP contribution is 2.27. The lowest BCUT2D eigenvalue weighted by atomic mass is 10.1. The van der Waals surface area contributed by atoms with Crippen LogP contribution in [0.25, 0.3) is 11.0 Å². The van der Waals surface area contributed by atoms with Crippen molar-refractivity contribution in [2.75, 3.05) is 18.6 Å². The van der Waals surface area contributed by atoms with Crippen molar-refractivity contribution in [2.24, 2.45) is 0 Å². The van der Waals surface area contributed by atoms with Gasteiger partial charge in [-0.3, -0.25) is 9.69 Å². The van der Waals surface area contributed by atoms with Gasteiger partial charge in [-0.2, -0.15) is 13.2 Å². The van der Waals surface area contributed by atoms with E-state index in [1.165, 1.54) is 31.7 Å². The Balaban J connectivity index is 1.88. The van der Waals surface area contributed by atoms with Crippen LogP contribution in [0.5, 0.6) is 5.75 Å². The molecule has 0 N–H and O–H groups in total. The number of furan rings is 1. The smallest absolute Gasteiger partial charge is 0.406 e. The number of rotatable bonds is 5. The van der Waals surface area contributed by atoms with Gasteiger partial charge in [-0.15, -0.1) is 0 Å². The maximum Gasteiger partial charge on any atom is 0.406 e. The summed E-state index contributed by atoms with van der Waals surface area (Å²) in [4.78, 5) is 17.1. The van der Waals surface area contributed by atoms with E-state index >= 15 is 0 Å². The molecule has 1 amide bonds. The van der Waals surface area contributed by atoms with Gasteiger partial charge in [-0.1, -0.05) is 6.07 Å². The number of halogens is 3. The normalized spacial score (nSPS) is 11.5. The van der Waals surface area contributed by atoms with Crippen molar-refractivity contribution >= 4 is 22.7 Å². The van der Waals surface area contributed by atoms with E-state index in [0.29, 0.717) is 27.2 Å². The first-order valence-electron chi connectivity index (χ1n) is 7.69. The number of pyridine rings is 1. The quantitative estimate of drug-likeness (QED) is 0.687. The lowest BCUT2D eigenvalue weighted by Crippen LogP contribution is -2.40. The van der Waals surface area contributed by atoms with Crippen molar-refractivity contribution in [2.45, 2.75) is 12.6 Å². The molecule has 2 aromatic heterocycles. The number of hydrogen-bond donors (Lipinski definition) is 0. The van der Waals surface area contributed by atoms with Gasteiger partial charge in [-0.25, -0.2) is 4.98 Å². The number of aromatic nitrogens is 1. The third-order valence-electron chi connectivity index (χ3n) is 3.77. The number of fused-ring (bicyclic) bond motifs is 1. The number of anilines is 1. The van der Waals surface area contributed by atoms with Gasteiger partial charge in [0.15, 0.2) is 0 Å². The predicted molar refractivity (Wildman–Crippen MR) is 89.1 cm³/mol. The van der Waals surface area contributed by atoms with Gasteiger partial charge in [0.25, 0.3) is 0 Å². The Morgan fingerprint density at radius 3 is 2.73 bits per heavy atom. The van der Waals surface area contributed by atoms with Crippen LogP contribution in [0, 0.1) is 0 Å². The summed E-state index contributed by atoms with van der Waals surface area (Å²) in [6, 6.07) is 9.50. The second-order valence-electron chi connectivity index (χ2n) is 5.58. The van der Waals surface area contributed by atoms with Crippen molar-refractivity contribution in [3.8, 4) is 5.75 Å². The molecule has 1 aromatic carbocycles. The zero-order valence-corrected chi connectivity index (χ0v) is 13.8. The van der Waals surface area contributed by atoms with Gasteiger partial charge in [0.2, 0.25) is 5.91 Å². The fourth-order valence-corrected chi connectivity index (χ4v) is 2.58. The molecule has 0 atom stereocenters. The Hall–Kier alpha value is -3.03. The molecule has 0 aliphatic carbocycles. The van der Waals surface area contributed by atoms with E-state index in [1.807, 2.05) is 0 Å². The highest BCUT2D eigenvalue weighted by atomic mass is 19.4. The van der Waals surface area contributed by atoms with Gasteiger partial charge in [-0.05, 0) is 24.3 Å². The monoisotopic (exact) mass is 364 g/mol. The molecule has 0 bridgehead atoms. The Kier molecular flexibility index (Phi) is 4.83. The number of benzene rings is 1. The first kappa shape index (κ1) is 17.8. The molecule has 0 unspecified atom stereocenters. The summed E-state index contributed by atoms with van der Waals surface area (Å²) in [5.41, 5.74) is 0.989. The molecule has 0 saturated heterocycles. The van der Waals surface area contributed by atoms with E-state index in [4.69, 9.17) is 9.15 Å². The van der Waals surface area contributed by atoms with Crippen LogP contribution in [-0.4, -0.2) is 30.7 Å². The van der Waals surface area contributed by atoms with Crippen molar-refractivity contribution in [1.29, 1.82) is 0 Å². The van der Waals surface area contributed by atoms with Crippen LogP contribution in [0.1, 0.15) is 5.56 Å². The largest absolute Gasteiger partial charge is 0.497 e. The number of methoxy groups -OCH3 is 1. The predicted octanol–water partition coefficient (Wildman–Crippen LogP) is 3.97. The lowest BCUT2D eigenvalue weighted by molar-refractivity contribution is -0.132. The zero-order valence-electron chi connectivity index (χ0n) is 13.8. The van der Waals surface area contributed by atoms with Crippen molar-refractivity contribution in [3.63, 3.8) is 0 Å². The molecule has 3 aromatic rings. The summed E-state index contributed by atoms with van der Waals surface area (Å²) in [7, 11) is 1.51. The summed E-state index contributed by atoms with van der Waals surface area (Å²) in [5.74, 6) is -0.194. The molecule has 5 nitrogen and oxygen atoms in total. The summed E-state index contributed by atoms with van der Waals surface area (Å²) in [5, 5.41) is 0.645. The highest BCUT2D eigenvalue weighted by Gasteiger charge is 2.34. The van der Waals surface area contributed by atoms with Crippen molar-refractivity contribution in [3.05, 3.63) is 54.4 Å². The average molecular weight is 364 g/mol. The number of hydrogen-bond acceptors (Lipinski definition) is 4. The first-order valence-corrected chi connectivity index (χ1v) is 7.69. The van der Waals surface area contributed by atoms with Gasteiger partial charge >= 0.3 is 6.18 Å². The molecule has 0 aliphatic rings. The number of amides is 1. The fourth-order valence-electron chi connectivity index (χ4n) is 2.58. The minimum Gasteiger partial charge on any atom is -0.497 e. The van der Waals surface area contributed by atoms with Crippen LogP contribution in [0.4, 0.5) is 19.0 Å². The third-order valence-corrected chi connectivity index (χ3v) is 3.77. The van der Waals surface area contributed by atoms with Crippen LogP contribution in [0.3, 0.4) is 0 Å². The van der Waals surface area contributed by atoms with E-state index in [-0.39, 0.29) is 12.2 Å². The van der Waals surface area contributed by atoms with Gasteiger partial charge in [0.05, 0.1) is 19.8 Å². The number of carbonyl (C=O) groups excluding carboxylic acids is 1. The maximum absolute atomic E-state index is 12.9. The lowest BCUT2D eigenvalue weighted by Gasteiger charge is -2.22. The topological polar surface area (TPSA) is 55.6 Å². The first-order chi connectivity index (χ1) is 12.4. The molecule has 0 saturated carbocycles. The van der Waals surface area contributed by atoms with E-state index in [0.717, 1.165) is 0 Å². The molecule has 26 heavy (non-hydrogen) atoms. The average Bonchev–Trinajstić information content (AvgIpc) is 3.01. The second kappa shape index (κ2) is 7.07. The third kappa shape index (κ3) is 3.96. The minimum atomic E-state index is -4.54. The number of carbonyl (C=O) groups is 1. The van der Waals surface area contributed by atoms with Crippen molar-refractivity contribution < 1.29 is 27.1 Å². The molecular weight excluding hydrogens is 349 g/mol. The number of ether oxygens (including phenoxy) is 1. The van der Waals surface area contributed by atoms with Crippen LogP contribution in [0.15, 0.2) is 53.3 Å². The fraction of sp³-hybridized carbons (Fsp3) is 0.222. The Bertz CT molecular complexity index is 907. The summed E-state index contributed by atoms with van der Waals surface area (Å²) >= 11 is 0. The molecule has 0 spiro atoms. The molecular formula is C18H15F3N2O3. The van der Waals surface area contributed by atoms with E-state index < -0.39 is 18.6 Å². The Morgan fingerprint density at radius 2 is 2.08 bits per heavy atom. The second-order valence-corrected chi connectivity index (χ2v) is 5.58. The highest BCUT2D eigenvalue weighted by molar-refractivity contribution is 5.96. The van der Waals surface area contributed by atoms with E-state index in [2.05, 4.69) is 4.98 Å². The summed E-state index contributed by atoms with van der Waals surface area (Å²) in [6.07, 6.45) is -2.08. The standard InChI is InChI=1S/C18H15F3N2O3/c1-25-13-5-6-14-12(10-26-15(14)9-13)8-17(24)23(11-18(19,20)21)16-4-2-3-7-22-16/h2-7,9-10H,8,11H2,1H3. The molecule has 3 rings (SSSR count). The Morgan fingerprint density at radius 1 is 1.27 bits per heavy atom. The van der Waals surface area contributed by atoms with Crippen LogP contribution in [-0.2, 0) is 11.2 Å². The number of nitrogens with zero attached hydrogens (tertiary/aromatic N) is 2.